The Labute approximate surface area is 103 Å². The minimum absolute atomic E-state index is 0.125. The Morgan fingerprint density at radius 3 is 2.67 bits per heavy atom. The Hall–Kier alpha value is -2.01. The van der Waals surface area contributed by atoms with Gasteiger partial charge in [0.1, 0.15) is 5.82 Å². The van der Waals surface area contributed by atoms with Gasteiger partial charge in [-0.3, -0.25) is 4.98 Å². The van der Waals surface area contributed by atoms with Crippen molar-refractivity contribution in [3.05, 3.63) is 47.8 Å². The summed E-state index contributed by atoms with van der Waals surface area (Å²) in [6, 6.07) is 3.72. The zero-order valence-electron chi connectivity index (χ0n) is 9.78. The van der Waals surface area contributed by atoms with E-state index in [0.29, 0.717) is 11.1 Å². The van der Waals surface area contributed by atoms with Gasteiger partial charge in [-0.1, -0.05) is 0 Å². The van der Waals surface area contributed by atoms with Crippen molar-refractivity contribution in [2.75, 3.05) is 7.11 Å². The third kappa shape index (κ3) is 2.17. The van der Waals surface area contributed by atoms with Crippen molar-refractivity contribution in [2.24, 2.45) is 5.73 Å². The standard InChI is InChI=1S/C13H12F2N2O/c1-18-13-5-11(14)10(4-12(13)15)9-2-3-17-7-8(9)6-16/h2-5,7H,6,16H2,1H3. The Kier molecular flexibility index (Phi) is 3.53. The van der Waals surface area contributed by atoms with E-state index in [1.54, 1.807) is 6.07 Å². The molecule has 0 saturated heterocycles. The summed E-state index contributed by atoms with van der Waals surface area (Å²) in [5, 5.41) is 0. The molecule has 0 radical (unpaired) electrons. The lowest BCUT2D eigenvalue weighted by atomic mass is 10.0. The van der Waals surface area contributed by atoms with Crippen molar-refractivity contribution in [3.63, 3.8) is 0 Å². The number of rotatable bonds is 3. The molecular formula is C13H12F2N2O. The fourth-order valence-corrected chi connectivity index (χ4v) is 1.74. The summed E-state index contributed by atoms with van der Waals surface area (Å²) in [4.78, 5) is 3.91. The van der Waals surface area contributed by atoms with E-state index in [1.807, 2.05) is 0 Å². The van der Waals surface area contributed by atoms with E-state index in [0.717, 1.165) is 12.1 Å². The number of nitrogens with two attached hydrogens (primary N) is 1. The molecule has 1 aromatic carbocycles. The first-order valence-corrected chi connectivity index (χ1v) is 5.33. The van der Waals surface area contributed by atoms with Crippen molar-refractivity contribution >= 4 is 0 Å². The Morgan fingerprint density at radius 1 is 1.22 bits per heavy atom. The number of pyridine rings is 1. The molecule has 2 N–H and O–H groups in total. The van der Waals surface area contributed by atoms with E-state index in [1.165, 1.54) is 19.5 Å². The third-order valence-electron chi connectivity index (χ3n) is 2.66. The number of aromatic nitrogens is 1. The highest BCUT2D eigenvalue weighted by Crippen LogP contribution is 2.30. The molecule has 0 aliphatic carbocycles. The first-order valence-electron chi connectivity index (χ1n) is 5.33. The van der Waals surface area contributed by atoms with Crippen LogP contribution in [0, 0.1) is 11.6 Å². The zero-order chi connectivity index (χ0) is 13.1. The molecule has 0 spiro atoms. The average Bonchev–Trinajstić information content (AvgIpc) is 2.41. The van der Waals surface area contributed by atoms with Crippen LogP contribution in [-0.4, -0.2) is 12.1 Å². The largest absolute Gasteiger partial charge is 0.494 e. The zero-order valence-corrected chi connectivity index (χ0v) is 9.78. The van der Waals surface area contributed by atoms with E-state index in [4.69, 9.17) is 10.5 Å². The second-order valence-corrected chi connectivity index (χ2v) is 3.70. The van der Waals surface area contributed by atoms with Crippen molar-refractivity contribution in [3.8, 4) is 16.9 Å². The number of hydrogen-bond donors (Lipinski definition) is 1. The topological polar surface area (TPSA) is 48.1 Å². The van der Waals surface area contributed by atoms with Gasteiger partial charge in [-0.15, -0.1) is 0 Å². The normalized spacial score (nSPS) is 10.4. The van der Waals surface area contributed by atoms with Crippen LogP contribution in [-0.2, 0) is 6.54 Å². The van der Waals surface area contributed by atoms with Gasteiger partial charge in [-0.2, -0.15) is 0 Å². The van der Waals surface area contributed by atoms with Gasteiger partial charge in [0, 0.05) is 30.6 Å². The van der Waals surface area contributed by atoms with E-state index >= 15 is 0 Å². The van der Waals surface area contributed by atoms with E-state index in [-0.39, 0.29) is 17.9 Å². The highest BCUT2D eigenvalue weighted by molar-refractivity contribution is 5.68. The molecule has 0 unspecified atom stereocenters. The summed E-state index contributed by atoms with van der Waals surface area (Å²) in [5.41, 5.74) is 6.89. The molecule has 1 heterocycles. The summed E-state index contributed by atoms with van der Waals surface area (Å²) in [6.07, 6.45) is 3.05. The lowest BCUT2D eigenvalue weighted by Crippen LogP contribution is -2.01. The van der Waals surface area contributed by atoms with Gasteiger partial charge >= 0.3 is 0 Å². The third-order valence-corrected chi connectivity index (χ3v) is 2.66. The van der Waals surface area contributed by atoms with Gasteiger partial charge in [0.15, 0.2) is 11.6 Å². The molecule has 0 fully saturated rings. The van der Waals surface area contributed by atoms with Gasteiger partial charge in [0.25, 0.3) is 0 Å². The van der Waals surface area contributed by atoms with Crippen LogP contribution in [0.1, 0.15) is 5.56 Å². The molecule has 0 atom stereocenters. The lowest BCUT2D eigenvalue weighted by molar-refractivity contribution is 0.383. The van der Waals surface area contributed by atoms with Crippen LogP contribution in [0.15, 0.2) is 30.6 Å². The molecule has 2 rings (SSSR count). The minimum Gasteiger partial charge on any atom is -0.494 e. The van der Waals surface area contributed by atoms with Crippen molar-refractivity contribution in [1.29, 1.82) is 0 Å². The predicted octanol–water partition coefficient (Wildman–Crippen LogP) is 2.49. The molecule has 0 aliphatic heterocycles. The predicted molar refractivity (Wildman–Crippen MR) is 64.0 cm³/mol. The van der Waals surface area contributed by atoms with Gasteiger partial charge < -0.3 is 10.5 Å². The summed E-state index contributed by atoms with van der Waals surface area (Å²) < 4.78 is 32.2. The number of benzene rings is 1. The number of hydrogen-bond acceptors (Lipinski definition) is 3. The summed E-state index contributed by atoms with van der Waals surface area (Å²) in [7, 11) is 1.29. The molecule has 94 valence electrons. The van der Waals surface area contributed by atoms with Crippen LogP contribution < -0.4 is 10.5 Å². The van der Waals surface area contributed by atoms with Gasteiger partial charge in [0.2, 0.25) is 0 Å². The van der Waals surface area contributed by atoms with Gasteiger partial charge in [-0.05, 0) is 23.3 Å². The molecule has 0 saturated carbocycles. The number of ether oxygens (including phenoxy) is 1. The Balaban J connectivity index is 2.61. The Morgan fingerprint density at radius 2 is 2.00 bits per heavy atom. The van der Waals surface area contributed by atoms with Crippen LogP contribution in [0.5, 0.6) is 5.75 Å². The highest BCUT2D eigenvalue weighted by Gasteiger charge is 2.14. The molecule has 5 heteroatoms. The molecule has 3 nitrogen and oxygen atoms in total. The quantitative estimate of drug-likeness (QED) is 0.910. The number of methoxy groups -OCH3 is 1. The summed E-state index contributed by atoms with van der Waals surface area (Å²) >= 11 is 0. The highest BCUT2D eigenvalue weighted by atomic mass is 19.1. The number of nitrogens with zero attached hydrogens (tertiary/aromatic N) is 1. The summed E-state index contributed by atoms with van der Waals surface area (Å²) in [6.45, 7) is 0.205. The van der Waals surface area contributed by atoms with E-state index in [2.05, 4.69) is 4.98 Å². The lowest BCUT2D eigenvalue weighted by Gasteiger charge is -2.10. The smallest absolute Gasteiger partial charge is 0.165 e. The molecule has 1 aromatic heterocycles. The van der Waals surface area contributed by atoms with Crippen LogP contribution >= 0.6 is 0 Å². The van der Waals surface area contributed by atoms with Crippen LogP contribution in [0.4, 0.5) is 8.78 Å². The molecule has 2 aromatic rings. The summed E-state index contributed by atoms with van der Waals surface area (Å²) in [5.74, 6) is -1.30. The molecule has 18 heavy (non-hydrogen) atoms. The average molecular weight is 250 g/mol. The molecule has 0 bridgehead atoms. The first kappa shape index (κ1) is 12.4. The SMILES string of the molecule is COc1cc(F)c(-c2ccncc2CN)cc1F. The fraction of sp³-hybridized carbons (Fsp3) is 0.154. The van der Waals surface area contributed by atoms with Crippen molar-refractivity contribution in [1.82, 2.24) is 4.98 Å². The number of halogens is 2. The first-order chi connectivity index (χ1) is 8.67. The van der Waals surface area contributed by atoms with Gasteiger partial charge in [0.05, 0.1) is 7.11 Å². The van der Waals surface area contributed by atoms with Gasteiger partial charge in [-0.25, -0.2) is 8.78 Å². The van der Waals surface area contributed by atoms with Crippen LogP contribution in [0.2, 0.25) is 0 Å². The second kappa shape index (κ2) is 5.10. The monoisotopic (exact) mass is 250 g/mol. The van der Waals surface area contributed by atoms with Crippen LogP contribution in [0.25, 0.3) is 11.1 Å². The maximum absolute atomic E-state index is 13.9. The molecule has 0 amide bonds. The van der Waals surface area contributed by atoms with Crippen molar-refractivity contribution < 1.29 is 13.5 Å². The molecule has 0 aliphatic rings. The van der Waals surface area contributed by atoms with E-state index in [9.17, 15) is 8.78 Å². The Bertz CT molecular complexity index is 573. The van der Waals surface area contributed by atoms with Crippen molar-refractivity contribution in [2.45, 2.75) is 6.54 Å². The molecular weight excluding hydrogens is 238 g/mol. The fourth-order valence-electron chi connectivity index (χ4n) is 1.74. The second-order valence-electron chi connectivity index (χ2n) is 3.70. The van der Waals surface area contributed by atoms with E-state index < -0.39 is 11.6 Å². The maximum atomic E-state index is 13.9. The maximum Gasteiger partial charge on any atom is 0.165 e. The minimum atomic E-state index is -0.617. The van der Waals surface area contributed by atoms with Crippen LogP contribution in [0.3, 0.4) is 0 Å².